The molecule has 1 aromatic rings. The van der Waals surface area contributed by atoms with Crippen molar-refractivity contribution in [2.45, 2.75) is 26.3 Å². The van der Waals surface area contributed by atoms with Gasteiger partial charge in [-0.3, -0.25) is 9.69 Å². The lowest BCUT2D eigenvalue weighted by Crippen LogP contribution is -2.40. The van der Waals surface area contributed by atoms with Crippen molar-refractivity contribution >= 4 is 5.97 Å². The lowest BCUT2D eigenvalue weighted by Gasteiger charge is -2.31. The molecule has 1 aliphatic heterocycles. The second kappa shape index (κ2) is 6.63. The van der Waals surface area contributed by atoms with Crippen molar-refractivity contribution in [3.63, 3.8) is 0 Å². The molecule has 0 aliphatic carbocycles. The van der Waals surface area contributed by atoms with E-state index in [1.807, 2.05) is 0 Å². The maximum Gasteiger partial charge on any atom is 0.317 e. The monoisotopic (exact) mass is 268 g/mol. The number of carbonyl (C=O) groups is 1. The fraction of sp³-hybridized carbons (Fsp3) is 0.750. The Bertz CT molecular complexity index is 421. The summed E-state index contributed by atoms with van der Waals surface area (Å²) in [5.41, 5.74) is 0. The molecule has 1 atom stereocenters. The van der Waals surface area contributed by atoms with E-state index in [4.69, 9.17) is 9.52 Å². The number of carboxylic acid groups (broad SMARTS) is 1. The van der Waals surface area contributed by atoms with E-state index in [1.54, 1.807) is 6.92 Å². The van der Waals surface area contributed by atoms with Gasteiger partial charge in [0.1, 0.15) is 0 Å². The van der Waals surface area contributed by atoms with Gasteiger partial charge in [0.15, 0.2) is 0 Å². The highest BCUT2D eigenvalue weighted by atomic mass is 16.4. The third kappa shape index (κ3) is 4.60. The van der Waals surface area contributed by atoms with E-state index in [1.165, 1.54) is 0 Å². The van der Waals surface area contributed by atoms with Gasteiger partial charge in [0.2, 0.25) is 11.8 Å². The third-order valence-corrected chi connectivity index (χ3v) is 3.24. The van der Waals surface area contributed by atoms with Gasteiger partial charge in [-0.1, -0.05) is 0 Å². The number of nitrogens with zero attached hydrogens (tertiary/aromatic N) is 3. The minimum Gasteiger partial charge on any atom is -0.480 e. The average molecular weight is 268 g/mol. The van der Waals surface area contributed by atoms with Crippen molar-refractivity contribution < 1.29 is 14.3 Å². The van der Waals surface area contributed by atoms with Gasteiger partial charge in [-0.25, -0.2) is 0 Å². The molecular formula is C12H20N4O3. The first-order valence-electron chi connectivity index (χ1n) is 6.57. The highest BCUT2D eigenvalue weighted by Gasteiger charge is 2.21. The molecule has 2 heterocycles. The predicted molar refractivity (Wildman–Crippen MR) is 67.5 cm³/mol. The van der Waals surface area contributed by atoms with Gasteiger partial charge in [0, 0.05) is 13.5 Å². The maximum atomic E-state index is 10.4. The zero-order valence-corrected chi connectivity index (χ0v) is 11.1. The van der Waals surface area contributed by atoms with Crippen molar-refractivity contribution in [1.82, 2.24) is 20.4 Å². The molecule has 2 rings (SSSR count). The number of aryl methyl sites for hydroxylation is 1. The topological polar surface area (TPSA) is 91.5 Å². The summed E-state index contributed by atoms with van der Waals surface area (Å²) < 4.78 is 5.38. The summed E-state index contributed by atoms with van der Waals surface area (Å²) in [5.74, 6) is 0.912. The van der Waals surface area contributed by atoms with Gasteiger partial charge in [-0.2, -0.15) is 0 Å². The molecule has 1 fully saturated rings. The first kappa shape index (κ1) is 14.0. The molecule has 7 heteroatoms. The normalized spacial score (nSPS) is 20.6. The molecule has 0 spiro atoms. The first-order valence-corrected chi connectivity index (χ1v) is 6.57. The Balaban J connectivity index is 1.75. The molecule has 7 nitrogen and oxygen atoms in total. The molecule has 19 heavy (non-hydrogen) atoms. The maximum absolute atomic E-state index is 10.4. The van der Waals surface area contributed by atoms with Crippen molar-refractivity contribution in [3.8, 4) is 0 Å². The summed E-state index contributed by atoms with van der Waals surface area (Å²) in [6.45, 7) is 5.19. The average Bonchev–Trinajstić information content (AvgIpc) is 2.75. The van der Waals surface area contributed by atoms with Crippen LogP contribution in [-0.4, -0.2) is 52.4 Å². The Hall–Kier alpha value is -1.47. The minimum atomic E-state index is -0.811. The van der Waals surface area contributed by atoms with Crippen LogP contribution in [0.15, 0.2) is 4.42 Å². The van der Waals surface area contributed by atoms with Crippen LogP contribution in [0.25, 0.3) is 0 Å². The zero-order valence-electron chi connectivity index (χ0n) is 11.1. The van der Waals surface area contributed by atoms with E-state index in [0.717, 1.165) is 32.5 Å². The standard InChI is InChI=1S/C12H20N4O3/c1-9-14-15-11(19-9)8-16-4-2-3-10(7-16)5-13-6-12(17)18/h10,13H,2-8H2,1H3,(H,17,18). The molecule has 2 N–H and O–H groups in total. The van der Waals surface area contributed by atoms with Crippen molar-refractivity contribution in [3.05, 3.63) is 11.8 Å². The van der Waals surface area contributed by atoms with Crippen LogP contribution in [0, 0.1) is 12.8 Å². The second-order valence-electron chi connectivity index (χ2n) is 4.98. The van der Waals surface area contributed by atoms with Gasteiger partial charge in [-0.15, -0.1) is 10.2 Å². The third-order valence-electron chi connectivity index (χ3n) is 3.24. The number of piperidine rings is 1. The van der Waals surface area contributed by atoms with E-state index >= 15 is 0 Å². The number of aliphatic carboxylic acids is 1. The van der Waals surface area contributed by atoms with Gasteiger partial charge in [0.25, 0.3) is 0 Å². The molecule has 1 saturated heterocycles. The van der Waals surface area contributed by atoms with Crippen molar-refractivity contribution in [1.29, 1.82) is 0 Å². The van der Waals surface area contributed by atoms with Crippen LogP contribution in [0.2, 0.25) is 0 Å². The summed E-state index contributed by atoms with van der Waals surface area (Å²) in [5, 5.41) is 19.4. The van der Waals surface area contributed by atoms with E-state index in [2.05, 4.69) is 20.4 Å². The van der Waals surface area contributed by atoms with Crippen molar-refractivity contribution in [2.24, 2.45) is 5.92 Å². The van der Waals surface area contributed by atoms with Crippen LogP contribution >= 0.6 is 0 Å². The predicted octanol–water partition coefficient (Wildman–Crippen LogP) is 0.264. The lowest BCUT2D eigenvalue weighted by atomic mass is 9.98. The molecule has 0 bridgehead atoms. The minimum absolute atomic E-state index is 0.0271. The van der Waals surface area contributed by atoms with E-state index < -0.39 is 5.97 Å². The Morgan fingerprint density at radius 3 is 3.11 bits per heavy atom. The smallest absolute Gasteiger partial charge is 0.317 e. The number of carboxylic acids is 1. The first-order chi connectivity index (χ1) is 9.13. The van der Waals surface area contributed by atoms with E-state index in [9.17, 15) is 4.79 Å². The summed E-state index contributed by atoms with van der Waals surface area (Å²) in [6.07, 6.45) is 2.25. The Morgan fingerprint density at radius 1 is 1.58 bits per heavy atom. The van der Waals surface area contributed by atoms with Crippen LogP contribution in [0.1, 0.15) is 24.6 Å². The molecule has 0 saturated carbocycles. The Labute approximate surface area is 112 Å². The van der Waals surface area contributed by atoms with Crippen molar-refractivity contribution in [2.75, 3.05) is 26.2 Å². The zero-order chi connectivity index (χ0) is 13.7. The fourth-order valence-electron chi connectivity index (χ4n) is 2.44. The van der Waals surface area contributed by atoms with Crippen LogP contribution in [-0.2, 0) is 11.3 Å². The van der Waals surface area contributed by atoms with Crippen LogP contribution < -0.4 is 5.32 Å². The molecule has 1 aromatic heterocycles. The molecule has 106 valence electrons. The Kier molecular flexibility index (Phi) is 4.86. The fourth-order valence-corrected chi connectivity index (χ4v) is 2.44. The number of hydrogen-bond donors (Lipinski definition) is 2. The highest BCUT2D eigenvalue weighted by molar-refractivity contribution is 5.68. The van der Waals surface area contributed by atoms with E-state index in [0.29, 0.717) is 24.2 Å². The molecule has 1 unspecified atom stereocenters. The molecule has 1 aliphatic rings. The number of hydrogen-bond acceptors (Lipinski definition) is 6. The SMILES string of the molecule is Cc1nnc(CN2CCCC(CNCC(=O)O)C2)o1. The molecule has 0 aromatic carbocycles. The van der Waals surface area contributed by atoms with Gasteiger partial charge >= 0.3 is 5.97 Å². The van der Waals surface area contributed by atoms with Gasteiger partial charge < -0.3 is 14.8 Å². The highest BCUT2D eigenvalue weighted by Crippen LogP contribution is 2.17. The summed E-state index contributed by atoms with van der Waals surface area (Å²) in [4.78, 5) is 12.7. The van der Waals surface area contributed by atoms with Gasteiger partial charge in [-0.05, 0) is 31.8 Å². The molecule has 0 radical (unpaired) electrons. The van der Waals surface area contributed by atoms with Crippen LogP contribution in [0.3, 0.4) is 0 Å². The summed E-state index contributed by atoms with van der Waals surface area (Å²) in [6, 6.07) is 0. The summed E-state index contributed by atoms with van der Waals surface area (Å²) >= 11 is 0. The largest absolute Gasteiger partial charge is 0.480 e. The quantitative estimate of drug-likeness (QED) is 0.764. The van der Waals surface area contributed by atoms with Crippen LogP contribution in [0.4, 0.5) is 0 Å². The number of rotatable bonds is 6. The second-order valence-corrected chi connectivity index (χ2v) is 4.98. The van der Waals surface area contributed by atoms with Gasteiger partial charge in [0.05, 0.1) is 13.1 Å². The molecular weight excluding hydrogens is 248 g/mol. The number of likely N-dealkylation sites (tertiary alicyclic amines) is 1. The van der Waals surface area contributed by atoms with E-state index in [-0.39, 0.29) is 6.54 Å². The number of nitrogens with one attached hydrogen (secondary N) is 1. The Morgan fingerprint density at radius 2 is 2.42 bits per heavy atom. The number of aromatic nitrogens is 2. The van der Waals surface area contributed by atoms with Crippen LogP contribution in [0.5, 0.6) is 0 Å². The summed E-state index contributed by atoms with van der Waals surface area (Å²) in [7, 11) is 0. The lowest BCUT2D eigenvalue weighted by molar-refractivity contribution is -0.136. The molecule has 0 amide bonds.